The molecule has 0 saturated carbocycles. The molecular formula is C21H30O2. The van der Waals surface area contributed by atoms with E-state index in [-0.39, 0.29) is 16.6 Å². The van der Waals surface area contributed by atoms with Gasteiger partial charge in [-0.05, 0) is 41.0 Å². The zero-order chi connectivity index (χ0) is 17.8. The molecular weight excluding hydrogens is 284 g/mol. The number of hydrogen-bond acceptors (Lipinski definition) is 2. The molecule has 0 bridgehead atoms. The molecule has 1 N–H and O–H groups in total. The summed E-state index contributed by atoms with van der Waals surface area (Å²) in [6.07, 6.45) is 6.39. The summed E-state index contributed by atoms with van der Waals surface area (Å²) in [6.45, 7) is 16.1. The van der Waals surface area contributed by atoms with Gasteiger partial charge in [-0.15, -0.1) is 6.58 Å². The van der Waals surface area contributed by atoms with E-state index in [4.69, 9.17) is 0 Å². The number of hydrogen-bond donors (Lipinski definition) is 1. The van der Waals surface area contributed by atoms with Crippen molar-refractivity contribution in [2.75, 3.05) is 0 Å². The third-order valence-electron chi connectivity index (χ3n) is 3.80. The molecule has 0 radical (unpaired) electrons. The van der Waals surface area contributed by atoms with E-state index in [9.17, 15) is 9.90 Å². The smallest absolute Gasteiger partial charge is 0.156 e. The number of allylic oxidation sites excluding steroid dienone is 2. The van der Waals surface area contributed by atoms with E-state index in [2.05, 4.69) is 48.1 Å². The molecule has 0 unspecified atom stereocenters. The summed E-state index contributed by atoms with van der Waals surface area (Å²) in [5.74, 6) is 0.452. The van der Waals surface area contributed by atoms with Gasteiger partial charge in [0, 0.05) is 17.5 Å². The number of phenols is 1. The number of phenolic OH excluding ortho intramolecular Hbond substituents is 1. The van der Waals surface area contributed by atoms with Crippen molar-refractivity contribution in [3.63, 3.8) is 0 Å². The average molecular weight is 314 g/mol. The van der Waals surface area contributed by atoms with Crippen LogP contribution >= 0.6 is 0 Å². The Bertz CT molecular complexity index is 573. The zero-order valence-electron chi connectivity index (χ0n) is 15.4. The molecule has 0 aliphatic rings. The average Bonchev–Trinajstić information content (AvgIpc) is 2.41. The van der Waals surface area contributed by atoms with Crippen LogP contribution in [0, 0.1) is 0 Å². The second kappa shape index (κ2) is 7.16. The van der Waals surface area contributed by atoms with Crippen LogP contribution in [0.3, 0.4) is 0 Å². The summed E-state index contributed by atoms with van der Waals surface area (Å²) in [4.78, 5) is 11.8. The van der Waals surface area contributed by atoms with Gasteiger partial charge in [-0.25, -0.2) is 0 Å². The molecule has 2 nitrogen and oxygen atoms in total. The van der Waals surface area contributed by atoms with Crippen LogP contribution in [0.2, 0.25) is 0 Å². The highest BCUT2D eigenvalue weighted by Gasteiger charge is 2.26. The van der Waals surface area contributed by atoms with E-state index >= 15 is 0 Å². The highest BCUT2D eigenvalue weighted by molar-refractivity contribution is 5.93. The van der Waals surface area contributed by atoms with Crippen LogP contribution in [0.15, 0.2) is 30.9 Å². The van der Waals surface area contributed by atoms with Gasteiger partial charge in [0.2, 0.25) is 0 Å². The topological polar surface area (TPSA) is 37.3 Å². The minimum atomic E-state index is -0.166. The summed E-state index contributed by atoms with van der Waals surface area (Å²) in [5.41, 5.74) is 2.43. The van der Waals surface area contributed by atoms with Crippen LogP contribution < -0.4 is 0 Å². The van der Waals surface area contributed by atoms with E-state index in [0.717, 1.165) is 16.7 Å². The van der Waals surface area contributed by atoms with E-state index < -0.39 is 0 Å². The standard InChI is InChI=1S/C21H30O2/c1-8-9-10-16(22)12-11-15-13-17(20(2,3)4)19(23)18(14-15)21(5,6)7/h8,11-14,23H,1,9-10H2,2-7H3/b12-11+. The van der Waals surface area contributed by atoms with Crippen molar-refractivity contribution < 1.29 is 9.90 Å². The van der Waals surface area contributed by atoms with Crippen molar-refractivity contribution in [3.05, 3.63) is 47.6 Å². The first-order valence-corrected chi connectivity index (χ1v) is 8.16. The third-order valence-corrected chi connectivity index (χ3v) is 3.80. The quantitative estimate of drug-likeness (QED) is 0.572. The van der Waals surface area contributed by atoms with Crippen LogP contribution in [0.25, 0.3) is 6.08 Å². The van der Waals surface area contributed by atoms with Gasteiger partial charge in [0.05, 0.1) is 0 Å². The van der Waals surface area contributed by atoms with E-state index in [1.807, 2.05) is 18.2 Å². The van der Waals surface area contributed by atoms with E-state index in [1.54, 1.807) is 12.2 Å². The van der Waals surface area contributed by atoms with Crippen LogP contribution in [0.1, 0.15) is 71.1 Å². The van der Waals surface area contributed by atoms with Crippen molar-refractivity contribution >= 4 is 11.9 Å². The number of rotatable bonds is 5. The van der Waals surface area contributed by atoms with Crippen LogP contribution in [0.5, 0.6) is 5.75 Å². The number of carbonyl (C=O) groups is 1. The minimum Gasteiger partial charge on any atom is -0.507 e. The maximum Gasteiger partial charge on any atom is 0.156 e. The van der Waals surface area contributed by atoms with Gasteiger partial charge in [-0.1, -0.05) is 53.7 Å². The molecule has 0 aliphatic heterocycles. The highest BCUT2D eigenvalue weighted by atomic mass is 16.3. The summed E-state index contributed by atoms with van der Waals surface area (Å²) >= 11 is 0. The largest absolute Gasteiger partial charge is 0.507 e. The first-order chi connectivity index (χ1) is 10.5. The number of carbonyl (C=O) groups excluding carboxylic acids is 1. The molecule has 0 heterocycles. The Balaban J connectivity index is 3.31. The predicted molar refractivity (Wildman–Crippen MR) is 99.0 cm³/mol. The van der Waals surface area contributed by atoms with Crippen molar-refractivity contribution in [1.82, 2.24) is 0 Å². The molecule has 0 spiro atoms. The highest BCUT2D eigenvalue weighted by Crippen LogP contribution is 2.39. The summed E-state index contributed by atoms with van der Waals surface area (Å²) in [7, 11) is 0. The normalized spacial score (nSPS) is 12.6. The molecule has 0 amide bonds. The first kappa shape index (κ1) is 19.2. The number of ketones is 1. The fourth-order valence-corrected chi connectivity index (χ4v) is 2.41. The molecule has 0 saturated heterocycles. The van der Waals surface area contributed by atoms with Crippen LogP contribution in [0.4, 0.5) is 0 Å². The van der Waals surface area contributed by atoms with Gasteiger partial charge in [-0.3, -0.25) is 4.79 Å². The Kier molecular flexibility index (Phi) is 5.98. The lowest BCUT2D eigenvalue weighted by Crippen LogP contribution is -2.17. The second-order valence-corrected chi connectivity index (χ2v) is 8.09. The van der Waals surface area contributed by atoms with Gasteiger partial charge in [0.25, 0.3) is 0 Å². The fourth-order valence-electron chi connectivity index (χ4n) is 2.41. The van der Waals surface area contributed by atoms with Crippen molar-refractivity contribution in [2.45, 2.75) is 65.2 Å². The Morgan fingerprint density at radius 3 is 1.96 bits per heavy atom. The lowest BCUT2D eigenvalue weighted by atomic mass is 9.78. The lowest BCUT2D eigenvalue weighted by Gasteiger charge is -2.27. The maximum absolute atomic E-state index is 11.8. The molecule has 126 valence electrons. The van der Waals surface area contributed by atoms with Crippen LogP contribution in [-0.2, 0) is 15.6 Å². The monoisotopic (exact) mass is 314 g/mol. The lowest BCUT2D eigenvalue weighted by molar-refractivity contribution is -0.114. The van der Waals surface area contributed by atoms with Gasteiger partial charge < -0.3 is 5.11 Å². The van der Waals surface area contributed by atoms with Gasteiger partial charge >= 0.3 is 0 Å². The third kappa shape index (κ3) is 5.38. The molecule has 0 aromatic heterocycles. The molecule has 0 aliphatic carbocycles. The fraction of sp³-hybridized carbons (Fsp3) is 0.476. The van der Waals surface area contributed by atoms with Crippen molar-refractivity contribution in [2.24, 2.45) is 0 Å². The van der Waals surface area contributed by atoms with Gasteiger partial charge in [0.15, 0.2) is 5.78 Å². The second-order valence-electron chi connectivity index (χ2n) is 8.09. The van der Waals surface area contributed by atoms with Gasteiger partial charge in [0.1, 0.15) is 5.75 Å². The molecule has 0 fully saturated rings. The first-order valence-electron chi connectivity index (χ1n) is 8.16. The number of aromatic hydroxyl groups is 1. The Morgan fingerprint density at radius 2 is 1.57 bits per heavy atom. The van der Waals surface area contributed by atoms with Gasteiger partial charge in [-0.2, -0.15) is 0 Å². The summed E-state index contributed by atoms with van der Waals surface area (Å²) in [6, 6.07) is 3.95. The Hall–Kier alpha value is -1.83. The van der Waals surface area contributed by atoms with E-state index in [1.165, 1.54) is 0 Å². The molecule has 1 aromatic rings. The summed E-state index contributed by atoms with van der Waals surface area (Å²) < 4.78 is 0. The molecule has 1 aromatic carbocycles. The van der Waals surface area contributed by atoms with Crippen LogP contribution in [-0.4, -0.2) is 10.9 Å². The summed E-state index contributed by atoms with van der Waals surface area (Å²) in [5, 5.41) is 10.7. The molecule has 1 rings (SSSR count). The minimum absolute atomic E-state index is 0.0904. The Morgan fingerprint density at radius 1 is 1.09 bits per heavy atom. The van der Waals surface area contributed by atoms with Crippen molar-refractivity contribution in [3.8, 4) is 5.75 Å². The van der Waals surface area contributed by atoms with E-state index in [0.29, 0.717) is 18.6 Å². The Labute approximate surface area is 140 Å². The van der Waals surface area contributed by atoms with Crippen molar-refractivity contribution in [1.29, 1.82) is 0 Å². The zero-order valence-corrected chi connectivity index (χ0v) is 15.4. The predicted octanol–water partition coefficient (Wildman–Crippen LogP) is 5.54. The molecule has 2 heteroatoms. The SMILES string of the molecule is C=CCCC(=O)/C=C/c1cc(C(C)(C)C)c(O)c(C(C)(C)C)c1. The molecule has 0 atom stereocenters. The maximum atomic E-state index is 11.8. The number of benzene rings is 1. The molecule has 23 heavy (non-hydrogen) atoms.